The average Bonchev–Trinajstić information content (AvgIpc) is 2.69. The van der Waals surface area contributed by atoms with E-state index in [1.54, 1.807) is 24.4 Å². The largest absolute Gasteiger partial charge is 0.322 e. The molecule has 0 fully saturated rings. The van der Waals surface area contributed by atoms with Gasteiger partial charge in [-0.05, 0) is 60.7 Å². The quantitative estimate of drug-likeness (QED) is 0.683. The van der Waals surface area contributed by atoms with Crippen LogP contribution in [0, 0.1) is 5.82 Å². The van der Waals surface area contributed by atoms with Gasteiger partial charge in [0.25, 0.3) is 5.91 Å². The van der Waals surface area contributed by atoms with Gasteiger partial charge < -0.3 is 5.32 Å². The van der Waals surface area contributed by atoms with Gasteiger partial charge in [0.2, 0.25) is 10.0 Å². The van der Waals surface area contributed by atoms with E-state index in [4.69, 9.17) is 0 Å². The van der Waals surface area contributed by atoms with Gasteiger partial charge in [0.1, 0.15) is 5.82 Å². The van der Waals surface area contributed by atoms with Crippen molar-refractivity contribution in [2.75, 3.05) is 5.32 Å². The van der Waals surface area contributed by atoms with Crippen molar-refractivity contribution in [3.8, 4) is 0 Å². The zero-order valence-electron chi connectivity index (χ0n) is 14.1. The smallest absolute Gasteiger partial charge is 0.255 e. The Morgan fingerprint density at radius 3 is 2.30 bits per heavy atom. The SMILES string of the molecule is O=C(Nc1ccc(F)cc1)c1ccc(S(=O)(=O)NCc2ccccn2)cc1. The molecule has 0 saturated carbocycles. The summed E-state index contributed by atoms with van der Waals surface area (Å²) in [5, 5.41) is 2.61. The second kappa shape index (κ2) is 8.07. The number of carbonyl (C=O) groups excluding carboxylic acids is 1. The third-order valence-corrected chi connectivity index (χ3v) is 5.12. The first-order valence-corrected chi connectivity index (χ1v) is 9.49. The number of hydrogen-bond donors (Lipinski definition) is 2. The lowest BCUT2D eigenvalue weighted by Gasteiger charge is -2.08. The minimum absolute atomic E-state index is 0.0387. The third-order valence-electron chi connectivity index (χ3n) is 3.70. The molecule has 0 unspecified atom stereocenters. The summed E-state index contributed by atoms with van der Waals surface area (Å²) in [6.07, 6.45) is 1.58. The molecule has 1 amide bonds. The van der Waals surface area contributed by atoms with E-state index >= 15 is 0 Å². The number of rotatable bonds is 6. The van der Waals surface area contributed by atoms with Crippen molar-refractivity contribution in [2.24, 2.45) is 0 Å². The summed E-state index contributed by atoms with van der Waals surface area (Å²) in [5.74, 6) is -0.826. The molecule has 0 radical (unpaired) electrons. The number of nitrogens with one attached hydrogen (secondary N) is 2. The molecule has 0 aliphatic carbocycles. The van der Waals surface area contributed by atoms with E-state index in [0.29, 0.717) is 11.4 Å². The van der Waals surface area contributed by atoms with Gasteiger partial charge in [-0.3, -0.25) is 9.78 Å². The maximum atomic E-state index is 12.9. The Morgan fingerprint density at radius 2 is 1.67 bits per heavy atom. The Hall–Kier alpha value is -3.10. The Morgan fingerprint density at radius 1 is 0.963 bits per heavy atom. The van der Waals surface area contributed by atoms with Crippen LogP contribution >= 0.6 is 0 Å². The average molecular weight is 385 g/mol. The van der Waals surface area contributed by atoms with E-state index < -0.39 is 21.7 Å². The summed E-state index contributed by atoms with van der Waals surface area (Å²) in [5.41, 5.74) is 1.31. The minimum atomic E-state index is -3.73. The van der Waals surface area contributed by atoms with Crippen molar-refractivity contribution in [3.63, 3.8) is 0 Å². The summed E-state index contributed by atoms with van der Waals surface area (Å²) in [4.78, 5) is 16.3. The molecule has 27 heavy (non-hydrogen) atoms. The van der Waals surface area contributed by atoms with E-state index in [2.05, 4.69) is 15.0 Å². The van der Waals surface area contributed by atoms with Crippen molar-refractivity contribution >= 4 is 21.6 Å². The molecular formula is C19H16FN3O3S. The van der Waals surface area contributed by atoms with Crippen LogP contribution in [-0.4, -0.2) is 19.3 Å². The highest BCUT2D eigenvalue weighted by Crippen LogP contribution is 2.14. The van der Waals surface area contributed by atoms with Crippen LogP contribution in [0.3, 0.4) is 0 Å². The van der Waals surface area contributed by atoms with Gasteiger partial charge in [-0.2, -0.15) is 0 Å². The highest BCUT2D eigenvalue weighted by molar-refractivity contribution is 7.89. The molecule has 0 bridgehead atoms. The monoisotopic (exact) mass is 385 g/mol. The van der Waals surface area contributed by atoms with Crippen molar-refractivity contribution in [2.45, 2.75) is 11.4 Å². The molecule has 2 aromatic carbocycles. The van der Waals surface area contributed by atoms with Crippen LogP contribution in [0.15, 0.2) is 77.8 Å². The highest BCUT2D eigenvalue weighted by Gasteiger charge is 2.15. The van der Waals surface area contributed by atoms with Crippen molar-refractivity contribution in [1.29, 1.82) is 0 Å². The summed E-state index contributed by atoms with van der Waals surface area (Å²) in [7, 11) is -3.73. The number of amides is 1. The van der Waals surface area contributed by atoms with Gasteiger partial charge in [-0.15, -0.1) is 0 Å². The molecule has 8 heteroatoms. The van der Waals surface area contributed by atoms with Gasteiger partial charge in [-0.25, -0.2) is 17.5 Å². The first-order chi connectivity index (χ1) is 12.9. The van der Waals surface area contributed by atoms with Crippen LogP contribution in [-0.2, 0) is 16.6 Å². The van der Waals surface area contributed by atoms with Crippen LogP contribution in [0.2, 0.25) is 0 Å². The van der Waals surface area contributed by atoms with Crippen LogP contribution in [0.5, 0.6) is 0 Å². The van der Waals surface area contributed by atoms with E-state index in [1.807, 2.05) is 0 Å². The zero-order chi connectivity index (χ0) is 19.3. The molecule has 0 aliphatic rings. The number of halogens is 1. The maximum absolute atomic E-state index is 12.9. The molecule has 2 N–H and O–H groups in total. The van der Waals surface area contributed by atoms with Gasteiger partial charge in [0.05, 0.1) is 17.1 Å². The Bertz CT molecular complexity index is 1020. The van der Waals surface area contributed by atoms with Crippen molar-refractivity contribution < 1.29 is 17.6 Å². The molecule has 138 valence electrons. The predicted octanol–water partition coefficient (Wildman–Crippen LogP) is 2.95. The second-order valence-corrected chi connectivity index (χ2v) is 7.40. The summed E-state index contributed by atoms with van der Waals surface area (Å²) in [6.45, 7) is 0.0655. The van der Waals surface area contributed by atoms with Crippen molar-refractivity contribution in [3.05, 3.63) is 90.0 Å². The summed E-state index contributed by atoms with van der Waals surface area (Å²) >= 11 is 0. The Balaban J connectivity index is 1.66. The third kappa shape index (κ3) is 4.96. The molecular weight excluding hydrogens is 369 g/mol. The molecule has 1 aromatic heterocycles. The van der Waals surface area contributed by atoms with Crippen LogP contribution in [0.25, 0.3) is 0 Å². The van der Waals surface area contributed by atoms with Crippen LogP contribution < -0.4 is 10.0 Å². The molecule has 0 aliphatic heterocycles. The molecule has 0 spiro atoms. The van der Waals surface area contributed by atoms with Gasteiger partial charge in [-0.1, -0.05) is 6.07 Å². The van der Waals surface area contributed by atoms with Gasteiger partial charge in [0, 0.05) is 17.4 Å². The zero-order valence-corrected chi connectivity index (χ0v) is 14.9. The number of hydrogen-bond acceptors (Lipinski definition) is 4. The molecule has 6 nitrogen and oxygen atoms in total. The number of nitrogens with zero attached hydrogens (tertiary/aromatic N) is 1. The number of anilines is 1. The van der Waals surface area contributed by atoms with Crippen LogP contribution in [0.4, 0.5) is 10.1 Å². The molecule has 3 aromatic rings. The number of sulfonamides is 1. The molecule has 0 atom stereocenters. The van der Waals surface area contributed by atoms with E-state index in [-0.39, 0.29) is 17.0 Å². The predicted molar refractivity (Wildman–Crippen MR) is 99.1 cm³/mol. The fourth-order valence-corrected chi connectivity index (χ4v) is 3.28. The Kier molecular flexibility index (Phi) is 5.58. The highest BCUT2D eigenvalue weighted by atomic mass is 32.2. The summed E-state index contributed by atoms with van der Waals surface area (Å²) < 4.78 is 40.0. The lowest BCUT2D eigenvalue weighted by Crippen LogP contribution is -2.23. The van der Waals surface area contributed by atoms with E-state index in [1.165, 1.54) is 48.5 Å². The molecule has 3 rings (SSSR count). The molecule has 0 saturated heterocycles. The number of aromatic nitrogens is 1. The summed E-state index contributed by atoms with van der Waals surface area (Å²) in [6, 6.07) is 16.1. The lowest BCUT2D eigenvalue weighted by atomic mass is 10.2. The van der Waals surface area contributed by atoms with E-state index in [9.17, 15) is 17.6 Å². The minimum Gasteiger partial charge on any atom is -0.322 e. The van der Waals surface area contributed by atoms with Gasteiger partial charge >= 0.3 is 0 Å². The fourth-order valence-electron chi connectivity index (χ4n) is 2.28. The van der Waals surface area contributed by atoms with Crippen LogP contribution in [0.1, 0.15) is 16.1 Å². The first kappa shape index (κ1) is 18.7. The van der Waals surface area contributed by atoms with E-state index in [0.717, 1.165) is 0 Å². The lowest BCUT2D eigenvalue weighted by molar-refractivity contribution is 0.102. The van der Waals surface area contributed by atoms with Crippen molar-refractivity contribution in [1.82, 2.24) is 9.71 Å². The second-order valence-electron chi connectivity index (χ2n) is 5.63. The Labute approximate surface area is 156 Å². The number of carbonyl (C=O) groups is 1. The van der Waals surface area contributed by atoms with Gasteiger partial charge in [0.15, 0.2) is 0 Å². The maximum Gasteiger partial charge on any atom is 0.255 e. The number of pyridine rings is 1. The first-order valence-electron chi connectivity index (χ1n) is 8.01. The number of benzene rings is 2. The standard InChI is InChI=1S/C19H16FN3O3S/c20-15-6-8-16(9-7-15)23-19(24)14-4-10-18(11-5-14)27(25,26)22-13-17-3-1-2-12-21-17/h1-12,22H,13H2,(H,23,24). The topological polar surface area (TPSA) is 88.2 Å². The normalized spacial score (nSPS) is 11.1. The molecule has 1 heterocycles. The fraction of sp³-hybridized carbons (Fsp3) is 0.0526.